The molecule has 1 saturated heterocycles. The predicted molar refractivity (Wildman–Crippen MR) is 145 cm³/mol. The predicted octanol–water partition coefficient (Wildman–Crippen LogP) is 5.17. The van der Waals surface area contributed by atoms with Crippen molar-refractivity contribution in [3.05, 3.63) is 101 Å². The van der Waals surface area contributed by atoms with E-state index in [1.807, 2.05) is 62.4 Å². The molecule has 1 N–H and O–H groups in total. The van der Waals surface area contributed by atoms with Crippen molar-refractivity contribution in [2.75, 3.05) is 19.0 Å². The first-order chi connectivity index (χ1) is 18.7. The topological polar surface area (TPSA) is 100 Å². The lowest BCUT2D eigenvalue weighted by Gasteiger charge is -2.40. The fourth-order valence-corrected chi connectivity index (χ4v) is 4.42. The molecule has 1 aliphatic heterocycles. The van der Waals surface area contributed by atoms with Gasteiger partial charge in [-0.15, -0.1) is 0 Å². The van der Waals surface area contributed by atoms with Gasteiger partial charge in [0.25, 0.3) is 5.91 Å². The smallest absolute Gasteiger partial charge is 0.337 e. The van der Waals surface area contributed by atoms with Gasteiger partial charge in [-0.2, -0.15) is 0 Å². The number of hydrogen-bond acceptors (Lipinski definition) is 7. The molecule has 204 valence electrons. The molecular formula is C31H33NO7. The van der Waals surface area contributed by atoms with Crippen molar-refractivity contribution < 1.29 is 33.3 Å². The van der Waals surface area contributed by atoms with Gasteiger partial charge in [-0.05, 0) is 68.1 Å². The first kappa shape index (κ1) is 28.0. The summed E-state index contributed by atoms with van der Waals surface area (Å²) in [5, 5.41) is 2.88. The zero-order chi connectivity index (χ0) is 27.8. The Balaban J connectivity index is 1.38. The molecule has 0 bridgehead atoms. The molecule has 1 fully saturated rings. The number of carbonyl (C=O) groups excluding carboxylic acids is 3. The average molecular weight is 532 g/mol. The van der Waals surface area contributed by atoms with E-state index in [4.69, 9.17) is 18.9 Å². The lowest BCUT2D eigenvalue weighted by atomic mass is 9.95. The maximum absolute atomic E-state index is 12.9. The molecule has 2 atom stereocenters. The van der Waals surface area contributed by atoms with Crippen molar-refractivity contribution in [3.8, 4) is 0 Å². The van der Waals surface area contributed by atoms with Crippen LogP contribution in [0.15, 0.2) is 78.9 Å². The molecule has 0 aromatic heterocycles. The maximum atomic E-state index is 12.9. The Morgan fingerprint density at radius 1 is 0.923 bits per heavy atom. The third-order valence-corrected chi connectivity index (χ3v) is 6.47. The Hall–Kier alpha value is -4.01. The number of benzene rings is 3. The standard InChI is InChI=1S/C31H33NO7/c1-31(2)38-20-26(30(35)37-19-22-9-5-4-6-10-22)27(39-31)16-15-21-11-7-14-25(17-21)32-28(33)23-12-8-13-24(18-23)29(34)36-3/h4-14,17-18,26-27H,15-16,19-20H2,1-3H3,(H,32,33)/t26-,27-/m1/s1. The average Bonchev–Trinajstić information content (AvgIpc) is 2.95. The van der Waals surface area contributed by atoms with Gasteiger partial charge in [0.2, 0.25) is 0 Å². The summed E-state index contributed by atoms with van der Waals surface area (Å²) >= 11 is 0. The molecule has 0 saturated carbocycles. The number of rotatable bonds is 9. The Morgan fingerprint density at radius 3 is 2.41 bits per heavy atom. The van der Waals surface area contributed by atoms with Crippen LogP contribution in [0.5, 0.6) is 0 Å². The van der Waals surface area contributed by atoms with Crippen molar-refractivity contribution in [3.63, 3.8) is 0 Å². The lowest BCUT2D eigenvalue weighted by molar-refractivity contribution is -0.292. The molecule has 3 aromatic carbocycles. The summed E-state index contributed by atoms with van der Waals surface area (Å²) in [7, 11) is 1.29. The molecule has 8 heteroatoms. The number of amides is 1. The summed E-state index contributed by atoms with van der Waals surface area (Å²) in [5.41, 5.74) is 3.15. The van der Waals surface area contributed by atoms with Crippen LogP contribution in [0.3, 0.4) is 0 Å². The van der Waals surface area contributed by atoms with Crippen LogP contribution in [0.2, 0.25) is 0 Å². The molecule has 39 heavy (non-hydrogen) atoms. The SMILES string of the molecule is COC(=O)c1cccc(C(=O)Nc2cccc(CC[C@H]3OC(C)(C)OC[C@H]3C(=O)OCc3ccccc3)c2)c1. The fourth-order valence-electron chi connectivity index (χ4n) is 4.42. The first-order valence-electron chi connectivity index (χ1n) is 12.8. The van der Waals surface area contributed by atoms with Gasteiger partial charge in [0.15, 0.2) is 5.79 Å². The van der Waals surface area contributed by atoms with E-state index in [1.165, 1.54) is 13.2 Å². The van der Waals surface area contributed by atoms with Crippen LogP contribution in [0.4, 0.5) is 5.69 Å². The number of nitrogens with one attached hydrogen (secondary N) is 1. The van der Waals surface area contributed by atoms with Crippen molar-refractivity contribution >= 4 is 23.5 Å². The Labute approximate surface area is 228 Å². The van der Waals surface area contributed by atoms with Gasteiger partial charge >= 0.3 is 11.9 Å². The van der Waals surface area contributed by atoms with Gasteiger partial charge in [-0.3, -0.25) is 9.59 Å². The molecular weight excluding hydrogens is 498 g/mol. The highest BCUT2D eigenvalue weighted by Crippen LogP contribution is 2.30. The van der Waals surface area contributed by atoms with E-state index < -0.39 is 23.8 Å². The minimum absolute atomic E-state index is 0.191. The highest BCUT2D eigenvalue weighted by molar-refractivity contribution is 6.05. The van der Waals surface area contributed by atoms with Crippen LogP contribution < -0.4 is 5.32 Å². The van der Waals surface area contributed by atoms with Crippen LogP contribution in [0.1, 0.15) is 52.1 Å². The molecule has 3 aromatic rings. The maximum Gasteiger partial charge on any atom is 0.337 e. The van der Waals surface area contributed by atoms with Crippen LogP contribution in [-0.2, 0) is 36.8 Å². The third kappa shape index (κ3) is 7.75. The summed E-state index contributed by atoms with van der Waals surface area (Å²) in [5.74, 6) is -2.56. The third-order valence-electron chi connectivity index (χ3n) is 6.47. The zero-order valence-electron chi connectivity index (χ0n) is 22.3. The fraction of sp³-hybridized carbons (Fsp3) is 0.323. The van der Waals surface area contributed by atoms with E-state index in [9.17, 15) is 14.4 Å². The summed E-state index contributed by atoms with van der Waals surface area (Å²) in [6.45, 7) is 4.07. The Bertz CT molecular complexity index is 1310. The molecule has 1 amide bonds. The minimum atomic E-state index is -0.810. The van der Waals surface area contributed by atoms with Gasteiger partial charge < -0.3 is 24.3 Å². The summed E-state index contributed by atoms with van der Waals surface area (Å²) < 4.78 is 22.2. The van der Waals surface area contributed by atoms with Crippen molar-refractivity contribution in [1.82, 2.24) is 0 Å². The van der Waals surface area contributed by atoms with Gasteiger partial charge in [0, 0.05) is 11.3 Å². The van der Waals surface area contributed by atoms with Gasteiger partial charge in [-0.25, -0.2) is 4.79 Å². The normalized spacial score (nSPS) is 18.1. The molecule has 8 nitrogen and oxygen atoms in total. The number of methoxy groups -OCH3 is 1. The molecule has 1 aliphatic rings. The number of anilines is 1. The number of carbonyl (C=O) groups is 3. The molecule has 4 rings (SSSR count). The van der Waals surface area contributed by atoms with E-state index in [2.05, 4.69) is 5.32 Å². The molecule has 0 spiro atoms. The lowest BCUT2D eigenvalue weighted by Crippen LogP contribution is -2.49. The quantitative estimate of drug-likeness (QED) is 0.380. The van der Waals surface area contributed by atoms with Crippen LogP contribution in [0, 0.1) is 5.92 Å². The summed E-state index contributed by atoms with van der Waals surface area (Å²) in [6.07, 6.45) is 0.789. The van der Waals surface area contributed by atoms with E-state index in [-0.39, 0.29) is 25.1 Å². The Morgan fingerprint density at radius 2 is 1.64 bits per heavy atom. The van der Waals surface area contributed by atoms with Gasteiger partial charge in [0.1, 0.15) is 12.5 Å². The van der Waals surface area contributed by atoms with Crippen LogP contribution >= 0.6 is 0 Å². The van der Waals surface area contributed by atoms with Crippen molar-refractivity contribution in [2.24, 2.45) is 5.92 Å². The highest BCUT2D eigenvalue weighted by Gasteiger charge is 2.40. The summed E-state index contributed by atoms with van der Waals surface area (Å²) in [4.78, 5) is 37.5. The number of esters is 2. The molecule has 0 radical (unpaired) electrons. The Kier molecular flexibility index (Phi) is 9.11. The van der Waals surface area contributed by atoms with E-state index in [0.29, 0.717) is 29.7 Å². The van der Waals surface area contributed by atoms with Gasteiger partial charge in [0.05, 0.1) is 25.4 Å². The van der Waals surface area contributed by atoms with Crippen LogP contribution in [-0.4, -0.2) is 43.5 Å². The summed E-state index contributed by atoms with van der Waals surface area (Å²) in [6, 6.07) is 23.4. The minimum Gasteiger partial charge on any atom is -0.465 e. The van der Waals surface area contributed by atoms with E-state index >= 15 is 0 Å². The van der Waals surface area contributed by atoms with Crippen LogP contribution in [0.25, 0.3) is 0 Å². The van der Waals surface area contributed by atoms with E-state index in [0.717, 1.165) is 11.1 Å². The zero-order valence-corrected chi connectivity index (χ0v) is 22.3. The largest absolute Gasteiger partial charge is 0.465 e. The number of hydrogen-bond donors (Lipinski definition) is 1. The highest BCUT2D eigenvalue weighted by atomic mass is 16.7. The monoisotopic (exact) mass is 531 g/mol. The number of ether oxygens (including phenoxy) is 4. The van der Waals surface area contributed by atoms with E-state index in [1.54, 1.807) is 24.3 Å². The van der Waals surface area contributed by atoms with Gasteiger partial charge in [-0.1, -0.05) is 48.5 Å². The molecule has 0 unspecified atom stereocenters. The number of aryl methyl sites for hydroxylation is 1. The van der Waals surface area contributed by atoms with Crippen molar-refractivity contribution in [2.45, 2.75) is 45.2 Å². The second-order valence-corrected chi connectivity index (χ2v) is 9.83. The molecule has 0 aliphatic carbocycles. The first-order valence-corrected chi connectivity index (χ1v) is 12.8. The second kappa shape index (κ2) is 12.7. The second-order valence-electron chi connectivity index (χ2n) is 9.83. The van der Waals surface area contributed by atoms with Crippen molar-refractivity contribution in [1.29, 1.82) is 0 Å². The molecule has 1 heterocycles.